The monoisotopic (exact) mass is 1530 g/mol. The van der Waals surface area contributed by atoms with Crippen LogP contribution in [-0.2, 0) is 5.41 Å². The summed E-state index contributed by atoms with van der Waals surface area (Å²) in [5.41, 5.74) is 27.4. The molecule has 120 heavy (non-hydrogen) atoms. The Morgan fingerprint density at radius 1 is 0.425 bits per heavy atom. The number of nitriles is 1. The largest absolute Gasteiger partial charge is 0.455 e. The molecule has 5 heterocycles. The molecule has 0 saturated heterocycles. The molecular weight excluding hydrogens is 1460 g/mol. The second-order valence-corrected chi connectivity index (χ2v) is 32.0. The van der Waals surface area contributed by atoms with Gasteiger partial charge in [-0.3, -0.25) is 4.99 Å². The van der Waals surface area contributed by atoms with Crippen molar-refractivity contribution in [2.45, 2.75) is 11.5 Å². The predicted octanol–water partition coefficient (Wildman–Crippen LogP) is 26.1. The van der Waals surface area contributed by atoms with Crippen LogP contribution in [0.4, 0.5) is 34.1 Å². The van der Waals surface area contributed by atoms with Crippen LogP contribution in [0.2, 0.25) is 0 Å². The highest BCUT2D eigenvalue weighted by Crippen LogP contribution is 2.65. The molecule has 0 N–H and O–H groups in total. The van der Waals surface area contributed by atoms with E-state index >= 15 is 0 Å². The van der Waals surface area contributed by atoms with Gasteiger partial charge >= 0.3 is 0 Å². The first-order chi connectivity index (χ1) is 59.5. The first kappa shape index (κ1) is 67.4. The number of anilines is 6. The molecule has 0 amide bonds. The van der Waals surface area contributed by atoms with E-state index in [1.807, 2.05) is 23.4 Å². The van der Waals surface area contributed by atoms with Crippen LogP contribution in [0.15, 0.2) is 389 Å². The molecule has 0 radical (unpaired) electrons. The molecule has 6 aliphatic rings. The third kappa shape index (κ3) is 9.88. The Labute approximate surface area is 690 Å². The van der Waals surface area contributed by atoms with Crippen molar-refractivity contribution in [1.82, 2.24) is 0 Å². The summed E-state index contributed by atoms with van der Waals surface area (Å²) >= 11 is 0. The second-order valence-electron chi connectivity index (χ2n) is 32.0. The highest BCUT2D eigenvalue weighted by Gasteiger charge is 2.52. The van der Waals surface area contributed by atoms with Crippen molar-refractivity contribution in [1.29, 1.82) is 5.26 Å². The van der Waals surface area contributed by atoms with Gasteiger partial charge in [0, 0.05) is 80.0 Å². The molecule has 17 aromatic carbocycles. The zero-order chi connectivity index (χ0) is 78.8. The number of rotatable bonds is 10. The van der Waals surface area contributed by atoms with Gasteiger partial charge in [-0.2, -0.15) is 5.26 Å². The lowest BCUT2D eigenvalue weighted by molar-refractivity contribution is 0.668. The van der Waals surface area contributed by atoms with E-state index in [4.69, 9.17) is 8.83 Å². The van der Waals surface area contributed by atoms with Gasteiger partial charge in [0.05, 0.1) is 51.9 Å². The lowest BCUT2D eigenvalue weighted by Crippen LogP contribution is -2.44. The Hall–Kier alpha value is -15.9. The quantitative estimate of drug-likeness (QED) is 0.126. The van der Waals surface area contributed by atoms with E-state index < -0.39 is 5.41 Å². The van der Waals surface area contributed by atoms with Crippen molar-refractivity contribution in [2.24, 2.45) is 9.98 Å². The fraction of sp³-hybridized carbons (Fsp3) is 0.0360. The van der Waals surface area contributed by atoms with Gasteiger partial charge in [-0.05, 0) is 205 Å². The van der Waals surface area contributed by atoms with Crippen molar-refractivity contribution in [3.63, 3.8) is 0 Å². The Morgan fingerprint density at radius 3 is 1.80 bits per heavy atom. The van der Waals surface area contributed by atoms with Crippen LogP contribution in [0.1, 0.15) is 27.8 Å². The number of allylic oxidation sites excluding steroid dienone is 4. The summed E-state index contributed by atoms with van der Waals surface area (Å²) in [6.45, 7) is 0.912. The molecule has 3 aliphatic carbocycles. The minimum Gasteiger partial charge on any atom is -0.455 e. The molecular formula is C111H69N7O2. The van der Waals surface area contributed by atoms with E-state index in [2.05, 4.69) is 395 Å². The average molecular weight is 1530 g/mol. The SMILES string of the molecule is N#Cc1cc2c(N(c3ccc(-c4ccccc4)cc3)c3ccc4c(c3)C3(c5ccccc5-c5ccccc53)c3ccccc3-4)c(-c3ccc(-c4ccccc4)cc3)c3cc(N4C=CC=CC4)c4oc5cc(N6C=c7cc(-c8cc9ccccc9c9ccccc89)ccc7=C7C=CC=CC76)ccc5c4c3c2c2oc3cccc(N4C=NC=NC4)c3c12. The molecule has 25 rings (SSSR count). The van der Waals surface area contributed by atoms with Crippen LogP contribution in [0.5, 0.6) is 0 Å². The summed E-state index contributed by atoms with van der Waals surface area (Å²) < 4.78 is 15.6. The smallest absolute Gasteiger partial charge is 0.159 e. The van der Waals surface area contributed by atoms with Crippen LogP contribution in [0, 0.1) is 11.3 Å². The van der Waals surface area contributed by atoms with E-state index in [1.54, 1.807) is 6.34 Å². The third-order valence-corrected chi connectivity index (χ3v) is 25.9. The van der Waals surface area contributed by atoms with Gasteiger partial charge in [-0.15, -0.1) is 0 Å². The lowest BCUT2D eigenvalue weighted by Gasteiger charge is -2.34. The maximum absolute atomic E-state index is 12.4. The molecule has 1 spiro atoms. The van der Waals surface area contributed by atoms with Gasteiger partial charge in [-0.25, -0.2) is 4.99 Å². The lowest BCUT2D eigenvalue weighted by atomic mass is 9.70. The van der Waals surface area contributed by atoms with Gasteiger partial charge < -0.3 is 28.4 Å². The standard InChI is InChI=1S/C111H69N7O2/c112-63-75-59-92-106(110-103(75)107-98(39-22-40-100(107)119-110)116-66-113-65-114-67-116)104-91(62-99(115-55-20-3-21-56-115)109-105(104)89-54-50-78(61-101(89)120-109)117-64-76-57-74(47-52-81(76)88-34-15-19-38-97(88)117)90-58-73-27-8-9-28-80(73)82-29-10-11-30-83(82)90)102(72-43-41-70(42-44-72)68-23-4-1-5-24-68)108(92)118(77-48-45-71(46-49-77)69-25-6-2-7-26-69)79-51-53-87-86-33-14-18-37-95(86)111(96(87)60-79)93-35-16-12-31-84(93)85-32-13-17-36-94(85)111/h1-55,57-62,64-66,97H,56,67H2. The number of benzene rings is 17. The van der Waals surface area contributed by atoms with Crippen LogP contribution in [-0.4, -0.2) is 31.9 Å². The maximum Gasteiger partial charge on any atom is 0.159 e. The first-order valence-corrected chi connectivity index (χ1v) is 41.0. The predicted molar refractivity (Wildman–Crippen MR) is 497 cm³/mol. The van der Waals surface area contributed by atoms with Crippen molar-refractivity contribution in [3.05, 3.63) is 409 Å². The second kappa shape index (κ2) is 26.3. The number of hydrogen-bond donors (Lipinski definition) is 0. The number of aliphatic imine (C=N–C) groups is 2. The summed E-state index contributed by atoms with van der Waals surface area (Å²) in [5.74, 6) is 0. The number of fused-ring (bicyclic) bond motifs is 26. The molecule has 0 bridgehead atoms. The van der Waals surface area contributed by atoms with E-state index in [0.29, 0.717) is 40.9 Å². The summed E-state index contributed by atoms with van der Waals surface area (Å²) in [6, 6.07) is 121. The third-order valence-electron chi connectivity index (χ3n) is 25.9. The Balaban J connectivity index is 0.813. The summed E-state index contributed by atoms with van der Waals surface area (Å²) in [5, 5.41) is 26.5. The van der Waals surface area contributed by atoms with Crippen molar-refractivity contribution in [3.8, 4) is 72.8 Å². The van der Waals surface area contributed by atoms with Gasteiger partial charge in [-0.1, -0.05) is 279 Å². The number of nitrogens with zero attached hydrogens (tertiary/aromatic N) is 7. The zero-order valence-corrected chi connectivity index (χ0v) is 64.9. The normalized spacial score (nSPS) is 15.0. The van der Waals surface area contributed by atoms with Gasteiger partial charge in [0.2, 0.25) is 0 Å². The van der Waals surface area contributed by atoms with Crippen molar-refractivity contribution < 1.29 is 8.83 Å². The van der Waals surface area contributed by atoms with E-state index in [9.17, 15) is 5.26 Å². The van der Waals surface area contributed by atoms with Crippen LogP contribution in [0.25, 0.3) is 166 Å². The van der Waals surface area contributed by atoms with E-state index in [-0.39, 0.29) is 6.04 Å². The number of furan rings is 2. The van der Waals surface area contributed by atoms with Crippen LogP contribution in [0.3, 0.4) is 0 Å². The van der Waals surface area contributed by atoms with Crippen molar-refractivity contribution >= 4 is 146 Å². The van der Waals surface area contributed by atoms with Gasteiger partial charge in [0.15, 0.2) is 5.58 Å². The minimum absolute atomic E-state index is 0.117. The molecule has 19 aromatic rings. The molecule has 0 fully saturated rings. The topological polar surface area (TPSA) is 87.8 Å². The Morgan fingerprint density at radius 2 is 1.07 bits per heavy atom. The highest BCUT2D eigenvalue weighted by atomic mass is 16.3. The molecule has 3 aliphatic heterocycles. The van der Waals surface area contributed by atoms with Gasteiger partial charge in [0.1, 0.15) is 29.8 Å². The molecule has 560 valence electrons. The summed E-state index contributed by atoms with van der Waals surface area (Å²) in [6.07, 6.45) is 23.3. The van der Waals surface area contributed by atoms with E-state index in [1.165, 1.54) is 82.4 Å². The Kier molecular flexibility index (Phi) is 14.8. The Bertz CT molecular complexity index is 8010. The summed E-state index contributed by atoms with van der Waals surface area (Å²) in [4.78, 5) is 18.5. The number of hydrogen-bond acceptors (Lipinski definition) is 9. The molecule has 2 aromatic heterocycles. The molecule has 0 saturated carbocycles. The molecule has 1 unspecified atom stereocenters. The fourth-order valence-corrected chi connectivity index (χ4v) is 20.8. The van der Waals surface area contributed by atoms with E-state index in [0.717, 1.165) is 122 Å². The minimum atomic E-state index is -0.686. The molecule has 9 nitrogen and oxygen atoms in total. The first-order valence-electron chi connectivity index (χ1n) is 41.0. The molecule has 9 heteroatoms. The van der Waals surface area contributed by atoms with Crippen LogP contribution < -0.4 is 30.0 Å². The maximum atomic E-state index is 12.4. The average Bonchev–Trinajstić information content (AvgIpc) is 1.48. The zero-order valence-electron chi connectivity index (χ0n) is 64.9. The van der Waals surface area contributed by atoms with Gasteiger partial charge in [0.25, 0.3) is 0 Å². The molecule has 1 atom stereocenters. The van der Waals surface area contributed by atoms with Crippen molar-refractivity contribution in [2.75, 3.05) is 32.8 Å². The highest BCUT2D eigenvalue weighted by molar-refractivity contribution is 6.40. The van der Waals surface area contributed by atoms with Crippen LogP contribution >= 0.6 is 0 Å². The summed E-state index contributed by atoms with van der Waals surface area (Å²) in [7, 11) is 0. The fourth-order valence-electron chi connectivity index (χ4n) is 20.8.